The maximum atomic E-state index is 5.57. The molecule has 1 aromatic rings. The molecule has 0 bridgehead atoms. The van der Waals surface area contributed by atoms with Gasteiger partial charge < -0.3 is 10.2 Å². The number of hydrazine groups is 1. The van der Waals surface area contributed by atoms with E-state index in [4.69, 9.17) is 5.84 Å². The molecule has 1 aromatic carbocycles. The molecule has 0 radical (unpaired) electrons. The number of nitrogens with one attached hydrogen (secondary N) is 2. The molecule has 0 saturated heterocycles. The molecule has 2 rings (SSSR count). The molecule has 5 heteroatoms. The highest BCUT2D eigenvalue weighted by molar-refractivity contribution is 5.93. The zero-order valence-corrected chi connectivity index (χ0v) is 12.4. The van der Waals surface area contributed by atoms with Gasteiger partial charge in [0.15, 0.2) is 0 Å². The van der Waals surface area contributed by atoms with Crippen molar-refractivity contribution in [1.29, 1.82) is 0 Å². The number of hydrogen-bond donors (Lipinski definition) is 3. The van der Waals surface area contributed by atoms with Crippen LogP contribution in [0, 0.1) is 0 Å². The van der Waals surface area contributed by atoms with E-state index in [-0.39, 0.29) is 5.54 Å². The predicted molar refractivity (Wildman–Crippen MR) is 84.6 cm³/mol. The van der Waals surface area contributed by atoms with Crippen molar-refractivity contribution >= 4 is 11.6 Å². The summed E-state index contributed by atoms with van der Waals surface area (Å²) < 4.78 is 0. The predicted octanol–water partition coefficient (Wildman–Crippen LogP) is 1.79. The fourth-order valence-electron chi connectivity index (χ4n) is 2.79. The molecule has 4 N–H and O–H groups in total. The Balaban J connectivity index is 2.03. The topological polar surface area (TPSA) is 65.7 Å². The molecule has 5 nitrogen and oxygen atoms in total. The fourth-order valence-corrected chi connectivity index (χ4v) is 2.79. The van der Waals surface area contributed by atoms with Gasteiger partial charge in [-0.05, 0) is 39.1 Å². The van der Waals surface area contributed by atoms with Gasteiger partial charge in [0, 0.05) is 11.2 Å². The number of anilines is 1. The molecule has 0 amide bonds. The van der Waals surface area contributed by atoms with Gasteiger partial charge in [0.2, 0.25) is 5.96 Å². The van der Waals surface area contributed by atoms with Crippen molar-refractivity contribution in [3.63, 3.8) is 0 Å². The van der Waals surface area contributed by atoms with Gasteiger partial charge in [-0.1, -0.05) is 31.0 Å². The van der Waals surface area contributed by atoms with Gasteiger partial charge >= 0.3 is 0 Å². The summed E-state index contributed by atoms with van der Waals surface area (Å²) in [5, 5.41) is 3.20. The van der Waals surface area contributed by atoms with Crippen LogP contribution < -0.4 is 16.6 Å². The number of hydrogen-bond acceptors (Lipinski definition) is 3. The Hall–Kier alpha value is -1.59. The number of nitrogens with zero attached hydrogens (tertiary/aromatic N) is 2. The molecule has 0 aliphatic heterocycles. The van der Waals surface area contributed by atoms with Gasteiger partial charge in [0.25, 0.3) is 0 Å². The molecule has 1 aliphatic rings. The normalized spacial score (nSPS) is 18.3. The molecular weight excluding hydrogens is 250 g/mol. The van der Waals surface area contributed by atoms with Crippen molar-refractivity contribution in [2.75, 3.05) is 26.0 Å². The summed E-state index contributed by atoms with van der Waals surface area (Å²) in [7, 11) is 4.28. The van der Waals surface area contributed by atoms with Crippen LogP contribution in [0.4, 0.5) is 5.69 Å². The number of benzene rings is 1. The fraction of sp³-hybridized carbons (Fsp3) is 0.533. The molecule has 1 saturated carbocycles. The lowest BCUT2D eigenvalue weighted by Crippen LogP contribution is -2.46. The lowest BCUT2D eigenvalue weighted by Gasteiger charge is -2.35. The van der Waals surface area contributed by atoms with Crippen LogP contribution in [0.3, 0.4) is 0 Å². The molecule has 0 spiro atoms. The van der Waals surface area contributed by atoms with E-state index in [0.29, 0.717) is 5.96 Å². The van der Waals surface area contributed by atoms with Crippen LogP contribution in [0.2, 0.25) is 0 Å². The van der Waals surface area contributed by atoms with Gasteiger partial charge in [-0.3, -0.25) is 5.43 Å². The second-order valence-corrected chi connectivity index (χ2v) is 5.63. The standard InChI is InChI=1S/C15H25N5/c1-20(2)15(10-6-7-11-15)12-17-14(19-16)18-13-8-4-3-5-9-13/h3-5,8-9H,6-7,10-12,16H2,1-2H3,(H2,17,18,19). The first kappa shape index (κ1) is 14.8. The maximum Gasteiger partial charge on any atom is 0.210 e. The van der Waals surface area contributed by atoms with Crippen LogP contribution in [-0.2, 0) is 0 Å². The first-order valence-corrected chi connectivity index (χ1v) is 7.17. The average molecular weight is 275 g/mol. The van der Waals surface area contributed by atoms with Crippen molar-refractivity contribution in [2.45, 2.75) is 31.2 Å². The number of guanidine groups is 1. The van der Waals surface area contributed by atoms with E-state index in [1.165, 1.54) is 25.7 Å². The summed E-state index contributed by atoms with van der Waals surface area (Å²) in [6.45, 7) is 0.763. The molecule has 20 heavy (non-hydrogen) atoms. The number of nitrogens with two attached hydrogens (primary N) is 1. The highest BCUT2D eigenvalue weighted by Gasteiger charge is 2.35. The Bertz CT molecular complexity index is 435. The monoisotopic (exact) mass is 275 g/mol. The lowest BCUT2D eigenvalue weighted by molar-refractivity contribution is 0.167. The van der Waals surface area contributed by atoms with E-state index in [1.807, 2.05) is 30.3 Å². The molecule has 0 unspecified atom stereocenters. The number of rotatable bonds is 4. The van der Waals surface area contributed by atoms with Crippen molar-refractivity contribution < 1.29 is 0 Å². The molecule has 1 fully saturated rings. The minimum atomic E-state index is 0.181. The van der Waals surface area contributed by atoms with Crippen LogP contribution in [0.25, 0.3) is 0 Å². The third-order valence-electron chi connectivity index (χ3n) is 4.19. The van der Waals surface area contributed by atoms with Crippen molar-refractivity contribution in [2.24, 2.45) is 10.8 Å². The van der Waals surface area contributed by atoms with Crippen molar-refractivity contribution in [3.05, 3.63) is 30.3 Å². The summed E-state index contributed by atoms with van der Waals surface area (Å²) in [4.78, 5) is 6.95. The Morgan fingerprint density at radius 2 is 1.90 bits per heavy atom. The van der Waals surface area contributed by atoms with Gasteiger partial charge in [0.1, 0.15) is 0 Å². The second kappa shape index (κ2) is 6.72. The van der Waals surface area contributed by atoms with Gasteiger partial charge in [0.05, 0.1) is 6.54 Å². The van der Waals surface area contributed by atoms with Gasteiger partial charge in [-0.15, -0.1) is 0 Å². The van der Waals surface area contributed by atoms with E-state index in [1.54, 1.807) is 0 Å². The Morgan fingerprint density at radius 3 is 2.45 bits per heavy atom. The molecule has 0 heterocycles. The van der Waals surface area contributed by atoms with Gasteiger partial charge in [-0.25, -0.2) is 10.8 Å². The highest BCUT2D eigenvalue weighted by atomic mass is 15.3. The second-order valence-electron chi connectivity index (χ2n) is 5.63. The maximum absolute atomic E-state index is 5.57. The average Bonchev–Trinajstić information content (AvgIpc) is 2.95. The SMILES string of the molecule is CN(C)C1(CN=C(NN)Nc2ccccc2)CCCC1. The Morgan fingerprint density at radius 1 is 1.25 bits per heavy atom. The van der Waals surface area contributed by atoms with Gasteiger partial charge in [-0.2, -0.15) is 0 Å². The van der Waals surface area contributed by atoms with Crippen molar-refractivity contribution in [3.8, 4) is 0 Å². The molecule has 110 valence electrons. The molecule has 0 aromatic heterocycles. The van der Waals surface area contributed by atoms with Crippen molar-refractivity contribution in [1.82, 2.24) is 10.3 Å². The van der Waals surface area contributed by atoms with Crippen LogP contribution in [0.1, 0.15) is 25.7 Å². The van der Waals surface area contributed by atoms with E-state index < -0.39 is 0 Å². The van der Waals surface area contributed by atoms with Crippen LogP contribution in [0.5, 0.6) is 0 Å². The van der Waals surface area contributed by atoms with Crippen LogP contribution in [-0.4, -0.2) is 37.0 Å². The summed E-state index contributed by atoms with van der Waals surface area (Å²) >= 11 is 0. The number of likely N-dealkylation sites (N-methyl/N-ethyl adjacent to an activating group) is 1. The molecule has 0 atom stereocenters. The summed E-state index contributed by atoms with van der Waals surface area (Å²) in [5.41, 5.74) is 3.81. The summed E-state index contributed by atoms with van der Waals surface area (Å²) in [6, 6.07) is 9.93. The summed E-state index contributed by atoms with van der Waals surface area (Å²) in [6.07, 6.45) is 4.97. The van der Waals surface area contributed by atoms with E-state index in [9.17, 15) is 0 Å². The summed E-state index contributed by atoms with van der Waals surface area (Å²) in [5.74, 6) is 6.18. The number of para-hydroxylation sites is 1. The van der Waals surface area contributed by atoms with Crippen LogP contribution >= 0.6 is 0 Å². The zero-order valence-electron chi connectivity index (χ0n) is 12.4. The van der Waals surface area contributed by atoms with E-state index in [0.717, 1.165) is 12.2 Å². The van der Waals surface area contributed by atoms with E-state index in [2.05, 4.69) is 34.7 Å². The third kappa shape index (κ3) is 3.49. The number of aliphatic imine (C=N–C) groups is 1. The minimum Gasteiger partial charge on any atom is -0.325 e. The first-order chi connectivity index (χ1) is 9.66. The quantitative estimate of drug-likeness (QED) is 0.339. The third-order valence-corrected chi connectivity index (χ3v) is 4.19. The smallest absolute Gasteiger partial charge is 0.210 e. The Labute approximate surface area is 121 Å². The zero-order chi connectivity index (χ0) is 14.4. The van der Waals surface area contributed by atoms with E-state index >= 15 is 0 Å². The largest absolute Gasteiger partial charge is 0.325 e. The van der Waals surface area contributed by atoms with Crippen LogP contribution in [0.15, 0.2) is 35.3 Å². The Kier molecular flexibility index (Phi) is 4.98. The first-order valence-electron chi connectivity index (χ1n) is 7.17. The molecular formula is C15H25N5. The lowest BCUT2D eigenvalue weighted by atomic mass is 9.96. The minimum absolute atomic E-state index is 0.181. The molecule has 1 aliphatic carbocycles. The highest BCUT2D eigenvalue weighted by Crippen LogP contribution is 2.33.